The van der Waals surface area contributed by atoms with Crippen LogP contribution in [0.3, 0.4) is 0 Å². The van der Waals surface area contributed by atoms with Crippen molar-refractivity contribution in [1.29, 1.82) is 0 Å². The number of nitrogens with one attached hydrogen (secondary N) is 2. The van der Waals surface area contributed by atoms with Crippen LogP contribution in [0.4, 0.5) is 30.6 Å². The van der Waals surface area contributed by atoms with Crippen LogP contribution in [0.5, 0.6) is 0 Å². The van der Waals surface area contributed by atoms with Gasteiger partial charge in [0.05, 0.1) is 6.20 Å². The van der Waals surface area contributed by atoms with Gasteiger partial charge in [-0.25, -0.2) is 4.98 Å². The van der Waals surface area contributed by atoms with Crippen molar-refractivity contribution in [2.45, 2.75) is 13.1 Å². The normalized spacial score (nSPS) is 11.5. The van der Waals surface area contributed by atoms with Crippen LogP contribution in [-0.4, -0.2) is 26.8 Å². The molecule has 0 bridgehead atoms. The highest BCUT2D eigenvalue weighted by molar-refractivity contribution is 5.69. The van der Waals surface area contributed by atoms with Crippen molar-refractivity contribution in [3.8, 4) is 11.1 Å². The molecule has 9 heteroatoms. The van der Waals surface area contributed by atoms with E-state index in [4.69, 9.17) is 0 Å². The van der Waals surface area contributed by atoms with Crippen LogP contribution < -0.4 is 10.6 Å². The Bertz CT molecular complexity index is 932. The molecule has 0 saturated heterocycles. The second-order valence-electron chi connectivity index (χ2n) is 5.76. The minimum atomic E-state index is -4.52. The van der Waals surface area contributed by atoms with Crippen molar-refractivity contribution in [1.82, 2.24) is 19.7 Å². The van der Waals surface area contributed by atoms with Crippen molar-refractivity contribution in [2.24, 2.45) is 7.05 Å². The maximum atomic E-state index is 12.9. The van der Waals surface area contributed by atoms with Gasteiger partial charge in [0.15, 0.2) is 0 Å². The zero-order valence-corrected chi connectivity index (χ0v) is 14.4. The van der Waals surface area contributed by atoms with Crippen LogP contribution in [0.2, 0.25) is 0 Å². The Balaban J connectivity index is 1.87. The van der Waals surface area contributed by atoms with Crippen molar-refractivity contribution in [3.63, 3.8) is 0 Å². The number of hydrogen-bond donors (Lipinski definition) is 2. The average molecular weight is 362 g/mol. The summed E-state index contributed by atoms with van der Waals surface area (Å²) in [5.74, 6) is -0.195. The molecule has 2 N–H and O–H groups in total. The summed E-state index contributed by atoms with van der Waals surface area (Å²) < 4.78 is 40.5. The molecule has 0 fully saturated rings. The van der Waals surface area contributed by atoms with Gasteiger partial charge in [0, 0.05) is 37.7 Å². The molecule has 136 valence electrons. The first kappa shape index (κ1) is 17.7. The van der Waals surface area contributed by atoms with Gasteiger partial charge in [0.2, 0.25) is 5.95 Å². The van der Waals surface area contributed by atoms with E-state index in [2.05, 4.69) is 25.7 Å². The molecule has 0 aliphatic carbocycles. The van der Waals surface area contributed by atoms with E-state index in [9.17, 15) is 13.2 Å². The van der Waals surface area contributed by atoms with Gasteiger partial charge < -0.3 is 10.6 Å². The number of benzene rings is 1. The van der Waals surface area contributed by atoms with Crippen molar-refractivity contribution >= 4 is 17.5 Å². The van der Waals surface area contributed by atoms with E-state index < -0.39 is 11.7 Å². The van der Waals surface area contributed by atoms with Crippen LogP contribution in [-0.2, 0) is 13.2 Å². The van der Waals surface area contributed by atoms with E-state index in [-0.39, 0.29) is 11.8 Å². The largest absolute Gasteiger partial charge is 0.421 e. The lowest BCUT2D eigenvalue weighted by Gasteiger charge is -2.14. The Morgan fingerprint density at radius 2 is 1.88 bits per heavy atom. The van der Waals surface area contributed by atoms with Gasteiger partial charge in [-0.1, -0.05) is 6.07 Å². The summed E-state index contributed by atoms with van der Waals surface area (Å²) in [6.07, 6.45) is -0.0846. The Labute approximate surface area is 148 Å². The lowest BCUT2D eigenvalue weighted by molar-refractivity contribution is -0.137. The minimum Gasteiger partial charge on any atom is -0.372 e. The van der Waals surface area contributed by atoms with E-state index in [0.717, 1.165) is 22.9 Å². The van der Waals surface area contributed by atoms with Crippen molar-refractivity contribution < 1.29 is 13.2 Å². The van der Waals surface area contributed by atoms with E-state index in [0.29, 0.717) is 5.69 Å². The van der Waals surface area contributed by atoms with Gasteiger partial charge >= 0.3 is 6.18 Å². The molecule has 0 saturated carbocycles. The molecule has 0 amide bonds. The predicted molar refractivity (Wildman–Crippen MR) is 93.2 cm³/mol. The highest BCUT2D eigenvalue weighted by Gasteiger charge is 2.35. The molecule has 3 aromatic rings. The van der Waals surface area contributed by atoms with Crippen LogP contribution in [0.25, 0.3) is 11.1 Å². The predicted octanol–water partition coefficient (Wildman–Crippen LogP) is 3.99. The Morgan fingerprint density at radius 1 is 1.12 bits per heavy atom. The molecule has 0 aliphatic rings. The summed E-state index contributed by atoms with van der Waals surface area (Å²) >= 11 is 0. The number of anilines is 3. The quantitative estimate of drug-likeness (QED) is 0.735. The zero-order valence-electron chi connectivity index (χ0n) is 14.4. The number of aromatic nitrogens is 4. The van der Waals surface area contributed by atoms with Gasteiger partial charge in [0.25, 0.3) is 0 Å². The summed E-state index contributed by atoms with van der Waals surface area (Å²) in [5, 5.41) is 9.56. The second-order valence-corrected chi connectivity index (χ2v) is 5.76. The third-order valence-corrected chi connectivity index (χ3v) is 3.84. The molecular weight excluding hydrogens is 345 g/mol. The molecule has 0 spiro atoms. The van der Waals surface area contributed by atoms with Gasteiger partial charge in [-0.3, -0.25) is 4.68 Å². The Hall–Kier alpha value is -3.10. The Kier molecular flexibility index (Phi) is 4.54. The summed E-state index contributed by atoms with van der Waals surface area (Å²) in [7, 11) is 3.23. The third-order valence-electron chi connectivity index (χ3n) is 3.84. The van der Waals surface area contributed by atoms with Crippen LogP contribution in [0.1, 0.15) is 11.1 Å². The summed E-state index contributed by atoms with van der Waals surface area (Å²) in [6.45, 7) is 1.89. The molecule has 1 aromatic carbocycles. The molecular formula is C17H17F3N6. The van der Waals surface area contributed by atoms with E-state index in [1.54, 1.807) is 10.9 Å². The SMILES string of the molecule is CNc1nc(Nc2ccc(-c3cnn(C)c3)cc2C)ncc1C(F)(F)F. The van der Waals surface area contributed by atoms with E-state index >= 15 is 0 Å². The maximum Gasteiger partial charge on any atom is 0.421 e. The number of rotatable bonds is 4. The number of nitrogens with zero attached hydrogens (tertiary/aromatic N) is 4. The van der Waals surface area contributed by atoms with E-state index in [1.165, 1.54) is 7.05 Å². The van der Waals surface area contributed by atoms with Gasteiger partial charge in [-0.05, 0) is 30.2 Å². The number of halogens is 3. The monoisotopic (exact) mass is 362 g/mol. The molecule has 6 nitrogen and oxygen atoms in total. The zero-order chi connectivity index (χ0) is 18.9. The van der Waals surface area contributed by atoms with Crippen LogP contribution in [0.15, 0.2) is 36.8 Å². The molecule has 2 heterocycles. The summed E-state index contributed by atoms with van der Waals surface area (Å²) in [4.78, 5) is 7.69. The standard InChI is InChI=1S/C17H17F3N6/c1-10-6-11(12-7-23-26(3)9-12)4-5-14(10)24-16-22-8-13(17(18,19)20)15(21-2)25-16/h4-9H,1-3H3,(H2,21,22,24,25). The molecule has 2 aromatic heterocycles. The summed E-state index contributed by atoms with van der Waals surface area (Å²) in [6, 6.07) is 5.69. The first-order chi connectivity index (χ1) is 12.3. The number of aryl methyl sites for hydroxylation is 2. The third kappa shape index (κ3) is 3.61. The average Bonchev–Trinajstić information content (AvgIpc) is 3.02. The van der Waals surface area contributed by atoms with Crippen LogP contribution >= 0.6 is 0 Å². The smallest absolute Gasteiger partial charge is 0.372 e. The fourth-order valence-corrected chi connectivity index (χ4v) is 2.51. The first-order valence-corrected chi connectivity index (χ1v) is 7.76. The van der Waals surface area contributed by atoms with Crippen LogP contribution in [0, 0.1) is 6.92 Å². The van der Waals surface area contributed by atoms with Crippen molar-refractivity contribution in [2.75, 3.05) is 17.7 Å². The molecule has 0 aliphatic heterocycles. The highest BCUT2D eigenvalue weighted by Crippen LogP contribution is 2.34. The summed E-state index contributed by atoms with van der Waals surface area (Å²) in [5.41, 5.74) is 2.67. The highest BCUT2D eigenvalue weighted by atomic mass is 19.4. The molecule has 0 radical (unpaired) electrons. The lowest BCUT2D eigenvalue weighted by atomic mass is 10.1. The molecule has 26 heavy (non-hydrogen) atoms. The first-order valence-electron chi connectivity index (χ1n) is 7.76. The maximum absolute atomic E-state index is 12.9. The fourth-order valence-electron chi connectivity index (χ4n) is 2.51. The molecule has 0 atom stereocenters. The minimum absolute atomic E-state index is 0.0829. The van der Waals surface area contributed by atoms with Gasteiger partial charge in [-0.15, -0.1) is 0 Å². The number of hydrogen-bond acceptors (Lipinski definition) is 5. The van der Waals surface area contributed by atoms with Crippen molar-refractivity contribution in [3.05, 3.63) is 47.9 Å². The van der Waals surface area contributed by atoms with E-state index in [1.807, 2.05) is 38.4 Å². The fraction of sp³-hybridized carbons (Fsp3) is 0.235. The number of alkyl halides is 3. The Morgan fingerprint density at radius 3 is 2.46 bits per heavy atom. The van der Waals surface area contributed by atoms with Gasteiger partial charge in [0.1, 0.15) is 11.4 Å². The second kappa shape index (κ2) is 6.66. The molecule has 0 unspecified atom stereocenters. The van der Waals surface area contributed by atoms with Gasteiger partial charge in [-0.2, -0.15) is 23.3 Å². The lowest BCUT2D eigenvalue weighted by Crippen LogP contribution is -2.12. The molecule has 3 rings (SSSR count). The topological polar surface area (TPSA) is 67.7 Å².